The Morgan fingerprint density at radius 3 is 2.62 bits per heavy atom. The fraction of sp³-hybridized carbons (Fsp3) is 0.889. The van der Waals surface area contributed by atoms with Crippen LogP contribution in [0.15, 0.2) is 0 Å². The predicted octanol–water partition coefficient (Wildman–Crippen LogP) is 0.544. The van der Waals surface area contributed by atoms with E-state index in [1.807, 2.05) is 0 Å². The van der Waals surface area contributed by atoms with Gasteiger partial charge < -0.3 is 10.6 Å². The van der Waals surface area contributed by atoms with Crippen molar-refractivity contribution in [3.63, 3.8) is 0 Å². The highest BCUT2D eigenvalue weighted by atomic mass is 35.5. The summed E-state index contributed by atoms with van der Waals surface area (Å²) < 4.78 is 0. The lowest BCUT2D eigenvalue weighted by Gasteiger charge is -2.26. The largest absolute Gasteiger partial charge is 0.356 e. The van der Waals surface area contributed by atoms with Gasteiger partial charge in [-0.15, -0.1) is 12.4 Å². The SMILES string of the molecule is Cl.O=C1NCCC1C1CCCNC1. The molecule has 0 aromatic carbocycles. The molecule has 2 atom stereocenters. The molecule has 4 heteroatoms. The normalized spacial score (nSPS) is 33.7. The molecule has 2 fully saturated rings. The Hall–Kier alpha value is -0.280. The predicted molar refractivity (Wildman–Crippen MR) is 54.0 cm³/mol. The molecule has 2 saturated heterocycles. The summed E-state index contributed by atoms with van der Waals surface area (Å²) in [5.41, 5.74) is 0. The third-order valence-electron chi connectivity index (χ3n) is 3.00. The van der Waals surface area contributed by atoms with Crippen molar-refractivity contribution in [3.05, 3.63) is 0 Å². The molecule has 0 aromatic heterocycles. The van der Waals surface area contributed by atoms with Gasteiger partial charge in [-0.05, 0) is 38.3 Å². The van der Waals surface area contributed by atoms with Gasteiger partial charge in [0.05, 0.1) is 0 Å². The molecule has 0 bridgehead atoms. The minimum atomic E-state index is 0. The van der Waals surface area contributed by atoms with Crippen LogP contribution in [0.5, 0.6) is 0 Å². The summed E-state index contributed by atoms with van der Waals surface area (Å²) in [5.74, 6) is 1.18. The Bertz CT molecular complexity index is 180. The van der Waals surface area contributed by atoms with Gasteiger partial charge in [0.15, 0.2) is 0 Å². The Labute approximate surface area is 85.1 Å². The first-order valence-corrected chi connectivity index (χ1v) is 4.86. The number of nitrogens with one attached hydrogen (secondary N) is 2. The molecular formula is C9H17ClN2O. The zero-order chi connectivity index (χ0) is 8.39. The molecule has 0 spiro atoms. The van der Waals surface area contributed by atoms with Gasteiger partial charge in [0.2, 0.25) is 5.91 Å². The Kier molecular flexibility index (Phi) is 4.00. The number of carbonyl (C=O) groups is 1. The summed E-state index contributed by atoms with van der Waals surface area (Å²) in [6, 6.07) is 0. The summed E-state index contributed by atoms with van der Waals surface area (Å²) >= 11 is 0. The standard InChI is InChI=1S/C9H16N2O.ClH/c12-9-8(3-5-11-9)7-2-1-4-10-6-7;/h7-8,10H,1-6H2,(H,11,12);1H. The van der Waals surface area contributed by atoms with E-state index in [0.29, 0.717) is 11.8 Å². The molecule has 2 N–H and O–H groups in total. The maximum atomic E-state index is 11.3. The minimum Gasteiger partial charge on any atom is -0.356 e. The maximum absolute atomic E-state index is 11.3. The van der Waals surface area contributed by atoms with Crippen molar-refractivity contribution >= 4 is 18.3 Å². The van der Waals surface area contributed by atoms with Crippen LogP contribution in [0.4, 0.5) is 0 Å². The molecular weight excluding hydrogens is 188 g/mol. The first-order valence-electron chi connectivity index (χ1n) is 4.86. The third-order valence-corrected chi connectivity index (χ3v) is 3.00. The van der Waals surface area contributed by atoms with Crippen LogP contribution in [-0.2, 0) is 4.79 Å². The van der Waals surface area contributed by atoms with Gasteiger partial charge >= 0.3 is 0 Å². The lowest BCUT2D eigenvalue weighted by molar-refractivity contribution is -0.124. The van der Waals surface area contributed by atoms with E-state index in [9.17, 15) is 4.79 Å². The number of carbonyl (C=O) groups excluding carboxylic acids is 1. The van der Waals surface area contributed by atoms with Crippen LogP contribution in [0.2, 0.25) is 0 Å². The highest BCUT2D eigenvalue weighted by molar-refractivity contribution is 5.85. The molecule has 2 aliphatic heterocycles. The number of hydrogen-bond donors (Lipinski definition) is 2. The van der Waals surface area contributed by atoms with Crippen molar-refractivity contribution in [3.8, 4) is 0 Å². The van der Waals surface area contributed by atoms with Crippen LogP contribution in [-0.4, -0.2) is 25.5 Å². The van der Waals surface area contributed by atoms with E-state index in [2.05, 4.69) is 10.6 Å². The highest BCUT2D eigenvalue weighted by Gasteiger charge is 2.32. The van der Waals surface area contributed by atoms with Gasteiger partial charge in [-0.1, -0.05) is 0 Å². The molecule has 2 heterocycles. The first-order chi connectivity index (χ1) is 5.88. The Balaban J connectivity index is 0.000000845. The van der Waals surface area contributed by atoms with Crippen LogP contribution >= 0.6 is 12.4 Å². The molecule has 2 rings (SSSR count). The van der Waals surface area contributed by atoms with Crippen LogP contribution in [0.25, 0.3) is 0 Å². The van der Waals surface area contributed by atoms with Crippen molar-refractivity contribution in [2.45, 2.75) is 19.3 Å². The molecule has 2 unspecified atom stereocenters. The molecule has 0 aromatic rings. The van der Waals surface area contributed by atoms with Gasteiger partial charge in [-0.3, -0.25) is 4.79 Å². The number of amides is 1. The van der Waals surface area contributed by atoms with E-state index >= 15 is 0 Å². The summed E-state index contributed by atoms with van der Waals surface area (Å²) in [4.78, 5) is 11.3. The lowest BCUT2D eigenvalue weighted by Crippen LogP contribution is -2.36. The van der Waals surface area contributed by atoms with Crippen molar-refractivity contribution in [1.29, 1.82) is 0 Å². The minimum absolute atomic E-state index is 0. The lowest BCUT2D eigenvalue weighted by atomic mass is 9.85. The number of piperidine rings is 1. The van der Waals surface area contributed by atoms with Crippen LogP contribution in [0, 0.1) is 11.8 Å². The number of rotatable bonds is 1. The molecule has 0 radical (unpaired) electrons. The summed E-state index contributed by atoms with van der Waals surface area (Å²) in [5, 5.41) is 6.25. The maximum Gasteiger partial charge on any atom is 0.223 e. The molecule has 0 saturated carbocycles. The average Bonchev–Trinajstić information content (AvgIpc) is 2.53. The summed E-state index contributed by atoms with van der Waals surface area (Å²) in [7, 11) is 0. The molecule has 76 valence electrons. The van der Waals surface area contributed by atoms with Gasteiger partial charge in [-0.25, -0.2) is 0 Å². The van der Waals surface area contributed by atoms with Gasteiger partial charge in [-0.2, -0.15) is 0 Å². The smallest absolute Gasteiger partial charge is 0.223 e. The van der Waals surface area contributed by atoms with Crippen LogP contribution in [0.1, 0.15) is 19.3 Å². The zero-order valence-corrected chi connectivity index (χ0v) is 8.53. The third kappa shape index (κ3) is 2.35. The topological polar surface area (TPSA) is 41.1 Å². The van der Waals surface area contributed by atoms with Crippen molar-refractivity contribution < 1.29 is 4.79 Å². The van der Waals surface area contributed by atoms with Crippen molar-refractivity contribution in [1.82, 2.24) is 10.6 Å². The van der Waals surface area contributed by atoms with Crippen molar-refractivity contribution in [2.75, 3.05) is 19.6 Å². The molecule has 2 aliphatic rings. The van der Waals surface area contributed by atoms with Gasteiger partial charge in [0.25, 0.3) is 0 Å². The molecule has 0 aliphatic carbocycles. The average molecular weight is 205 g/mol. The second kappa shape index (κ2) is 4.82. The number of hydrogen-bond acceptors (Lipinski definition) is 2. The van der Waals surface area contributed by atoms with E-state index in [0.717, 1.165) is 26.1 Å². The van der Waals surface area contributed by atoms with Gasteiger partial charge in [0.1, 0.15) is 0 Å². The second-order valence-corrected chi connectivity index (χ2v) is 3.79. The fourth-order valence-electron chi connectivity index (χ4n) is 2.29. The summed E-state index contributed by atoms with van der Waals surface area (Å²) in [6.45, 7) is 3.06. The first kappa shape index (κ1) is 10.8. The fourth-order valence-corrected chi connectivity index (χ4v) is 2.29. The highest BCUT2D eigenvalue weighted by Crippen LogP contribution is 2.25. The van der Waals surface area contributed by atoms with Crippen LogP contribution < -0.4 is 10.6 Å². The van der Waals surface area contributed by atoms with E-state index < -0.39 is 0 Å². The van der Waals surface area contributed by atoms with E-state index in [1.54, 1.807) is 0 Å². The quantitative estimate of drug-likeness (QED) is 0.655. The Morgan fingerprint density at radius 2 is 2.08 bits per heavy atom. The molecule has 13 heavy (non-hydrogen) atoms. The van der Waals surface area contributed by atoms with E-state index in [1.165, 1.54) is 12.8 Å². The molecule has 1 amide bonds. The summed E-state index contributed by atoms with van der Waals surface area (Å²) in [6.07, 6.45) is 3.50. The Morgan fingerprint density at radius 1 is 1.23 bits per heavy atom. The number of halogens is 1. The van der Waals surface area contributed by atoms with E-state index in [-0.39, 0.29) is 18.3 Å². The van der Waals surface area contributed by atoms with Crippen LogP contribution in [0.3, 0.4) is 0 Å². The second-order valence-electron chi connectivity index (χ2n) is 3.79. The van der Waals surface area contributed by atoms with Gasteiger partial charge in [0, 0.05) is 12.5 Å². The van der Waals surface area contributed by atoms with Crippen molar-refractivity contribution in [2.24, 2.45) is 11.8 Å². The molecule has 3 nitrogen and oxygen atoms in total. The van der Waals surface area contributed by atoms with E-state index in [4.69, 9.17) is 0 Å². The monoisotopic (exact) mass is 204 g/mol. The zero-order valence-electron chi connectivity index (χ0n) is 7.71.